The standard InChI is InChI=1S/C71H54N3OP/c75-76(59-27-10-3-11-28-59,60-29-12-4-13-30-60)61-45-39-52(40-46-61)51-35-41-57(42-36-51)71(47-18-5-19-48-71)58-43-37-54(38-44-58)68-72-69(56-26-20-25-55(49-56)50-21-6-1-7-22-50)74-70(73-68)67-64-33-16-14-31-62(64)66(53-23-8-2-9-24-53)63-32-15-17-34-65(63)67/h1-4,6-17,20-46,49H,5,18-19,47-48H2. The molecule has 0 atom stereocenters. The summed E-state index contributed by atoms with van der Waals surface area (Å²) >= 11 is 0. The molecule has 364 valence electrons. The number of benzene rings is 11. The van der Waals surface area contributed by atoms with Crippen LogP contribution in [0.4, 0.5) is 0 Å². The highest BCUT2D eigenvalue weighted by atomic mass is 31.2. The maximum atomic E-state index is 15.1. The van der Waals surface area contributed by atoms with E-state index in [-0.39, 0.29) is 5.41 Å². The largest absolute Gasteiger partial charge is 0.309 e. The first-order valence-electron chi connectivity index (χ1n) is 26.5. The van der Waals surface area contributed by atoms with Gasteiger partial charge in [0, 0.05) is 38.0 Å². The van der Waals surface area contributed by atoms with Gasteiger partial charge in [0.15, 0.2) is 24.6 Å². The van der Waals surface area contributed by atoms with Crippen molar-refractivity contribution >= 4 is 44.6 Å². The van der Waals surface area contributed by atoms with E-state index in [0.29, 0.717) is 17.5 Å². The predicted molar refractivity (Wildman–Crippen MR) is 317 cm³/mol. The minimum atomic E-state index is -3.07. The monoisotopic (exact) mass is 995 g/mol. The van der Waals surface area contributed by atoms with E-state index in [4.69, 9.17) is 15.0 Å². The number of aromatic nitrogens is 3. The van der Waals surface area contributed by atoms with Crippen LogP contribution in [0.5, 0.6) is 0 Å². The molecule has 0 aliphatic heterocycles. The second-order valence-electron chi connectivity index (χ2n) is 20.1. The van der Waals surface area contributed by atoms with Crippen LogP contribution in [0.1, 0.15) is 43.2 Å². The van der Waals surface area contributed by atoms with E-state index in [0.717, 1.165) is 89.2 Å². The van der Waals surface area contributed by atoms with Gasteiger partial charge >= 0.3 is 0 Å². The fourth-order valence-corrected chi connectivity index (χ4v) is 14.6. The highest BCUT2D eigenvalue weighted by Gasteiger charge is 2.36. The molecule has 1 aliphatic carbocycles. The van der Waals surface area contributed by atoms with Crippen molar-refractivity contribution in [2.45, 2.75) is 37.5 Å². The molecule has 1 heterocycles. The molecular formula is C71H54N3OP. The molecule has 0 saturated heterocycles. The molecule has 0 unspecified atom stereocenters. The Balaban J connectivity index is 0.886. The van der Waals surface area contributed by atoms with Crippen molar-refractivity contribution in [1.29, 1.82) is 0 Å². The summed E-state index contributed by atoms with van der Waals surface area (Å²) in [6, 6.07) is 93.5. The molecule has 0 spiro atoms. The second kappa shape index (κ2) is 20.1. The maximum absolute atomic E-state index is 15.1. The zero-order valence-corrected chi connectivity index (χ0v) is 43.0. The van der Waals surface area contributed by atoms with E-state index >= 15 is 4.57 Å². The molecule has 1 fully saturated rings. The van der Waals surface area contributed by atoms with Crippen molar-refractivity contribution in [2.24, 2.45) is 0 Å². The Morgan fingerprint density at radius 3 is 1.18 bits per heavy atom. The predicted octanol–water partition coefficient (Wildman–Crippen LogP) is 17.1. The normalized spacial score (nSPS) is 13.4. The Morgan fingerprint density at radius 2 is 0.658 bits per heavy atom. The molecular weight excluding hydrogens is 942 g/mol. The van der Waals surface area contributed by atoms with Crippen LogP contribution in [-0.4, -0.2) is 15.0 Å². The fraction of sp³-hybridized carbons (Fsp3) is 0.0845. The van der Waals surface area contributed by atoms with Crippen LogP contribution in [-0.2, 0) is 9.98 Å². The van der Waals surface area contributed by atoms with Gasteiger partial charge in [0.05, 0.1) is 0 Å². The van der Waals surface area contributed by atoms with Crippen LogP contribution in [0, 0.1) is 0 Å². The summed E-state index contributed by atoms with van der Waals surface area (Å²) in [7, 11) is -3.07. The molecule has 5 heteroatoms. The number of fused-ring (bicyclic) bond motifs is 2. The third kappa shape index (κ3) is 8.55. The van der Waals surface area contributed by atoms with Crippen LogP contribution in [0.3, 0.4) is 0 Å². The second-order valence-corrected chi connectivity index (χ2v) is 22.9. The summed E-state index contributed by atoms with van der Waals surface area (Å²) in [5.41, 5.74) is 12.2. The Bertz CT molecular complexity index is 3960. The van der Waals surface area contributed by atoms with Crippen molar-refractivity contribution < 1.29 is 4.57 Å². The quantitative estimate of drug-likeness (QED) is 0.0957. The number of nitrogens with zero attached hydrogens (tertiary/aromatic N) is 3. The third-order valence-corrected chi connectivity index (χ3v) is 18.8. The number of hydrogen-bond donors (Lipinski definition) is 0. The van der Waals surface area contributed by atoms with Gasteiger partial charge in [-0.1, -0.05) is 280 Å². The van der Waals surface area contributed by atoms with Crippen molar-refractivity contribution in [3.05, 3.63) is 278 Å². The smallest absolute Gasteiger partial charge is 0.171 e. The summed E-state index contributed by atoms with van der Waals surface area (Å²) in [6.07, 6.45) is 5.72. The van der Waals surface area contributed by atoms with Gasteiger partial charge in [-0.25, -0.2) is 15.0 Å². The molecule has 13 rings (SSSR count). The van der Waals surface area contributed by atoms with Crippen molar-refractivity contribution in [3.8, 4) is 67.5 Å². The zero-order chi connectivity index (χ0) is 50.9. The first-order chi connectivity index (χ1) is 37.5. The fourth-order valence-electron chi connectivity index (χ4n) is 11.9. The van der Waals surface area contributed by atoms with Gasteiger partial charge in [-0.15, -0.1) is 0 Å². The lowest BCUT2D eigenvalue weighted by atomic mass is 9.65. The SMILES string of the molecule is O=P(c1ccccc1)(c1ccccc1)c1ccc(-c2ccc(C3(c4ccc(-c5nc(-c6cccc(-c7ccccc7)c6)nc(-c6c7ccccc7c(-c7ccccc7)c7ccccc67)n5)cc4)CCCCC3)cc2)cc1. The number of rotatable bonds is 11. The van der Waals surface area contributed by atoms with E-state index in [1.165, 1.54) is 41.5 Å². The lowest BCUT2D eigenvalue weighted by Gasteiger charge is -2.39. The Kier molecular flexibility index (Phi) is 12.4. The Morgan fingerprint density at radius 1 is 0.289 bits per heavy atom. The lowest BCUT2D eigenvalue weighted by molar-refractivity contribution is 0.346. The van der Waals surface area contributed by atoms with Gasteiger partial charge in [0.25, 0.3) is 0 Å². The molecule has 1 aliphatic rings. The highest BCUT2D eigenvalue weighted by molar-refractivity contribution is 7.85. The van der Waals surface area contributed by atoms with Gasteiger partial charge in [0.1, 0.15) is 0 Å². The van der Waals surface area contributed by atoms with Crippen molar-refractivity contribution in [1.82, 2.24) is 15.0 Å². The molecule has 76 heavy (non-hydrogen) atoms. The van der Waals surface area contributed by atoms with E-state index in [1.807, 2.05) is 66.7 Å². The number of hydrogen-bond acceptors (Lipinski definition) is 4. The van der Waals surface area contributed by atoms with Crippen LogP contribution in [0.25, 0.3) is 89.1 Å². The van der Waals surface area contributed by atoms with E-state index in [2.05, 4.69) is 200 Å². The molecule has 11 aromatic carbocycles. The first-order valence-corrected chi connectivity index (χ1v) is 28.2. The van der Waals surface area contributed by atoms with E-state index in [9.17, 15) is 0 Å². The van der Waals surface area contributed by atoms with Gasteiger partial charge in [-0.3, -0.25) is 0 Å². The van der Waals surface area contributed by atoms with Gasteiger partial charge in [0.2, 0.25) is 0 Å². The minimum Gasteiger partial charge on any atom is -0.309 e. The van der Waals surface area contributed by atoms with Crippen LogP contribution < -0.4 is 15.9 Å². The van der Waals surface area contributed by atoms with Crippen molar-refractivity contribution in [2.75, 3.05) is 0 Å². The minimum absolute atomic E-state index is 0.136. The summed E-state index contributed by atoms with van der Waals surface area (Å²) in [4.78, 5) is 16.2. The maximum Gasteiger partial charge on any atom is 0.171 e. The van der Waals surface area contributed by atoms with Crippen LogP contribution in [0.15, 0.2) is 267 Å². The summed E-state index contributed by atoms with van der Waals surface area (Å²) in [6.45, 7) is 0. The molecule has 4 nitrogen and oxygen atoms in total. The first kappa shape index (κ1) is 46.9. The molecule has 0 radical (unpaired) electrons. The van der Waals surface area contributed by atoms with Gasteiger partial charge < -0.3 is 4.57 Å². The molecule has 1 aromatic heterocycles. The average molecular weight is 996 g/mol. The lowest BCUT2D eigenvalue weighted by Crippen LogP contribution is -2.30. The molecule has 1 saturated carbocycles. The van der Waals surface area contributed by atoms with E-state index < -0.39 is 7.14 Å². The molecule has 0 N–H and O–H groups in total. The summed E-state index contributed by atoms with van der Waals surface area (Å²) < 4.78 is 15.1. The average Bonchev–Trinajstić information content (AvgIpc) is 3.52. The van der Waals surface area contributed by atoms with Crippen LogP contribution >= 0.6 is 7.14 Å². The third-order valence-electron chi connectivity index (χ3n) is 15.7. The summed E-state index contributed by atoms with van der Waals surface area (Å²) in [5.74, 6) is 1.90. The van der Waals surface area contributed by atoms with Gasteiger partial charge in [-0.05, 0) is 85.0 Å². The highest BCUT2D eigenvalue weighted by Crippen LogP contribution is 2.48. The summed E-state index contributed by atoms with van der Waals surface area (Å²) in [5, 5.41) is 6.99. The topological polar surface area (TPSA) is 55.7 Å². The van der Waals surface area contributed by atoms with Gasteiger partial charge in [-0.2, -0.15) is 0 Å². The Hall–Kier alpha value is -8.82. The van der Waals surface area contributed by atoms with E-state index in [1.54, 1.807) is 0 Å². The molecule has 0 amide bonds. The molecule has 12 aromatic rings. The Labute approximate surface area is 444 Å². The van der Waals surface area contributed by atoms with Crippen LogP contribution in [0.2, 0.25) is 0 Å². The van der Waals surface area contributed by atoms with Crippen molar-refractivity contribution in [3.63, 3.8) is 0 Å². The molecule has 0 bridgehead atoms. The zero-order valence-electron chi connectivity index (χ0n) is 42.1.